The number of benzene rings is 2. The summed E-state index contributed by atoms with van der Waals surface area (Å²) in [5.41, 5.74) is 1.56. The van der Waals surface area contributed by atoms with Crippen molar-refractivity contribution in [3.8, 4) is 5.75 Å². The first kappa shape index (κ1) is 19.4. The molecule has 0 spiro atoms. The number of rotatable bonds is 6. The smallest absolute Gasteiger partial charge is 0.338 e. The number of anilines is 1. The maximum Gasteiger partial charge on any atom is 0.338 e. The molecule has 136 valence electrons. The van der Waals surface area contributed by atoms with Gasteiger partial charge in [-0.15, -0.1) is 0 Å². The summed E-state index contributed by atoms with van der Waals surface area (Å²) in [7, 11) is 0. The van der Waals surface area contributed by atoms with Crippen LogP contribution >= 0.6 is 12.2 Å². The van der Waals surface area contributed by atoms with Gasteiger partial charge in [0.25, 0.3) is 5.91 Å². The lowest BCUT2D eigenvalue weighted by molar-refractivity contribution is 0.0526. The maximum atomic E-state index is 12.2. The molecule has 0 saturated carbocycles. The van der Waals surface area contributed by atoms with E-state index in [1.807, 2.05) is 6.92 Å². The van der Waals surface area contributed by atoms with Crippen molar-refractivity contribution >= 4 is 34.9 Å². The predicted octanol–water partition coefficient (Wildman–Crippen LogP) is 3.39. The normalized spacial score (nSPS) is 9.92. The number of hydrogen-bond acceptors (Lipinski definition) is 5. The van der Waals surface area contributed by atoms with E-state index in [4.69, 9.17) is 21.7 Å². The van der Waals surface area contributed by atoms with Gasteiger partial charge in [0.1, 0.15) is 5.75 Å². The zero-order valence-corrected chi connectivity index (χ0v) is 15.4. The zero-order valence-electron chi connectivity index (χ0n) is 14.6. The number of nitrogens with one attached hydrogen (secondary N) is 2. The minimum absolute atomic E-state index is 0.160. The predicted molar refractivity (Wildman–Crippen MR) is 104 cm³/mol. The molecule has 0 bridgehead atoms. The molecule has 2 rings (SSSR count). The number of carbonyl (C=O) groups is 2. The largest absolute Gasteiger partial charge is 0.494 e. The molecule has 7 heteroatoms. The first-order chi connectivity index (χ1) is 12.5. The van der Waals surface area contributed by atoms with Crippen LogP contribution in [0.3, 0.4) is 0 Å². The van der Waals surface area contributed by atoms with Gasteiger partial charge in [-0.25, -0.2) is 4.79 Å². The Hall–Kier alpha value is -2.93. The third-order valence-corrected chi connectivity index (χ3v) is 3.51. The number of hydrogen-bond donors (Lipinski definition) is 2. The lowest BCUT2D eigenvalue weighted by Crippen LogP contribution is -2.34. The molecule has 0 aromatic heterocycles. The minimum Gasteiger partial charge on any atom is -0.494 e. The lowest BCUT2D eigenvalue weighted by atomic mass is 10.2. The van der Waals surface area contributed by atoms with Crippen molar-refractivity contribution in [3.63, 3.8) is 0 Å². The molecule has 0 aliphatic heterocycles. The van der Waals surface area contributed by atoms with Crippen LogP contribution in [0.2, 0.25) is 0 Å². The van der Waals surface area contributed by atoms with Gasteiger partial charge in [0, 0.05) is 11.3 Å². The van der Waals surface area contributed by atoms with E-state index in [1.165, 1.54) is 0 Å². The molecule has 0 aliphatic carbocycles. The van der Waals surface area contributed by atoms with Crippen LogP contribution in [-0.4, -0.2) is 30.2 Å². The van der Waals surface area contributed by atoms with Gasteiger partial charge in [-0.2, -0.15) is 0 Å². The van der Waals surface area contributed by atoms with E-state index in [2.05, 4.69) is 10.6 Å². The van der Waals surface area contributed by atoms with Crippen molar-refractivity contribution < 1.29 is 19.1 Å². The second-order valence-electron chi connectivity index (χ2n) is 5.16. The molecule has 2 aromatic rings. The van der Waals surface area contributed by atoms with Gasteiger partial charge in [-0.3, -0.25) is 10.1 Å². The van der Waals surface area contributed by atoms with Crippen LogP contribution in [0.15, 0.2) is 48.5 Å². The molecule has 2 aromatic carbocycles. The van der Waals surface area contributed by atoms with Crippen LogP contribution in [-0.2, 0) is 4.74 Å². The fourth-order valence-corrected chi connectivity index (χ4v) is 2.32. The Bertz CT molecular complexity index is 773. The van der Waals surface area contributed by atoms with Gasteiger partial charge in [0.05, 0.1) is 18.8 Å². The van der Waals surface area contributed by atoms with Gasteiger partial charge < -0.3 is 14.8 Å². The molecule has 0 radical (unpaired) electrons. The summed E-state index contributed by atoms with van der Waals surface area (Å²) in [6.07, 6.45) is 0. The van der Waals surface area contributed by atoms with Gasteiger partial charge in [0.2, 0.25) is 0 Å². The van der Waals surface area contributed by atoms with E-state index in [0.717, 1.165) is 0 Å². The Morgan fingerprint density at radius 1 is 0.923 bits per heavy atom. The van der Waals surface area contributed by atoms with Crippen LogP contribution < -0.4 is 15.4 Å². The standard InChI is InChI=1S/C19H20N2O4S/c1-3-24-16-11-7-13(8-12-16)17(22)21-19(26)20-15-9-5-14(6-10-15)18(23)25-4-2/h5-12H,3-4H2,1-2H3,(H2,20,21,22,26). The van der Waals surface area contributed by atoms with E-state index in [0.29, 0.717) is 35.8 Å². The van der Waals surface area contributed by atoms with Crippen molar-refractivity contribution in [2.24, 2.45) is 0 Å². The molecule has 0 saturated heterocycles. The fourth-order valence-electron chi connectivity index (χ4n) is 2.11. The fraction of sp³-hybridized carbons (Fsp3) is 0.211. The Labute approximate surface area is 157 Å². The van der Waals surface area contributed by atoms with Gasteiger partial charge in [0.15, 0.2) is 5.11 Å². The Balaban J connectivity index is 1.91. The second kappa shape index (κ2) is 9.53. The van der Waals surface area contributed by atoms with Crippen LogP contribution in [0.1, 0.15) is 34.6 Å². The molecule has 1 amide bonds. The van der Waals surface area contributed by atoms with Crippen molar-refractivity contribution in [3.05, 3.63) is 59.7 Å². The number of carbonyl (C=O) groups excluding carboxylic acids is 2. The third kappa shape index (κ3) is 5.56. The summed E-state index contributed by atoms with van der Waals surface area (Å²) in [5.74, 6) is -0.00874. The lowest BCUT2D eigenvalue weighted by Gasteiger charge is -2.10. The van der Waals surface area contributed by atoms with E-state index < -0.39 is 0 Å². The number of esters is 1. The number of thiocarbonyl (C=S) groups is 1. The highest BCUT2D eigenvalue weighted by atomic mass is 32.1. The molecule has 26 heavy (non-hydrogen) atoms. The highest BCUT2D eigenvalue weighted by molar-refractivity contribution is 7.80. The van der Waals surface area contributed by atoms with Gasteiger partial charge in [-0.05, 0) is 74.6 Å². The molecular weight excluding hydrogens is 352 g/mol. The molecule has 0 aliphatic rings. The monoisotopic (exact) mass is 372 g/mol. The van der Waals surface area contributed by atoms with Gasteiger partial charge >= 0.3 is 5.97 Å². The van der Waals surface area contributed by atoms with E-state index in [9.17, 15) is 9.59 Å². The van der Waals surface area contributed by atoms with E-state index in [-0.39, 0.29) is 17.0 Å². The Morgan fingerprint density at radius 2 is 1.54 bits per heavy atom. The quantitative estimate of drug-likeness (QED) is 0.598. The van der Waals surface area contributed by atoms with Crippen molar-refractivity contribution in [2.45, 2.75) is 13.8 Å². The van der Waals surface area contributed by atoms with Crippen LogP contribution in [0.25, 0.3) is 0 Å². The average molecular weight is 372 g/mol. The first-order valence-corrected chi connectivity index (χ1v) is 8.56. The first-order valence-electron chi connectivity index (χ1n) is 8.15. The molecular formula is C19H20N2O4S. The summed E-state index contributed by atoms with van der Waals surface area (Å²) < 4.78 is 10.3. The van der Waals surface area contributed by atoms with E-state index in [1.54, 1.807) is 55.5 Å². The number of amides is 1. The molecule has 0 fully saturated rings. The highest BCUT2D eigenvalue weighted by Gasteiger charge is 2.09. The molecule has 0 heterocycles. The summed E-state index contributed by atoms with van der Waals surface area (Å²) in [6, 6.07) is 13.4. The summed E-state index contributed by atoms with van der Waals surface area (Å²) in [6.45, 7) is 4.53. The molecule has 0 atom stereocenters. The Kier molecular flexibility index (Phi) is 7.11. The summed E-state index contributed by atoms with van der Waals surface area (Å²) in [5, 5.41) is 5.66. The zero-order chi connectivity index (χ0) is 18.9. The Morgan fingerprint density at radius 3 is 2.12 bits per heavy atom. The highest BCUT2D eigenvalue weighted by Crippen LogP contribution is 2.13. The second-order valence-corrected chi connectivity index (χ2v) is 5.57. The molecule has 6 nitrogen and oxygen atoms in total. The number of ether oxygens (including phenoxy) is 2. The van der Waals surface area contributed by atoms with Crippen LogP contribution in [0.5, 0.6) is 5.75 Å². The van der Waals surface area contributed by atoms with Crippen molar-refractivity contribution in [1.29, 1.82) is 0 Å². The van der Waals surface area contributed by atoms with E-state index >= 15 is 0 Å². The maximum absolute atomic E-state index is 12.2. The van der Waals surface area contributed by atoms with Crippen LogP contribution in [0.4, 0.5) is 5.69 Å². The van der Waals surface area contributed by atoms with Crippen molar-refractivity contribution in [2.75, 3.05) is 18.5 Å². The van der Waals surface area contributed by atoms with Crippen LogP contribution in [0, 0.1) is 0 Å². The minimum atomic E-state index is -0.384. The molecule has 2 N–H and O–H groups in total. The SMILES string of the molecule is CCOC(=O)c1ccc(NC(=S)NC(=O)c2ccc(OCC)cc2)cc1. The summed E-state index contributed by atoms with van der Waals surface area (Å²) >= 11 is 5.15. The molecule has 0 unspecified atom stereocenters. The summed E-state index contributed by atoms with van der Waals surface area (Å²) in [4.78, 5) is 23.8. The van der Waals surface area contributed by atoms with Crippen molar-refractivity contribution in [1.82, 2.24) is 5.32 Å². The van der Waals surface area contributed by atoms with Gasteiger partial charge in [-0.1, -0.05) is 0 Å². The third-order valence-electron chi connectivity index (χ3n) is 3.31. The average Bonchev–Trinajstić information content (AvgIpc) is 2.63. The topological polar surface area (TPSA) is 76.7 Å².